The molecule has 1 aromatic heterocycles. The second-order valence-electron chi connectivity index (χ2n) is 6.87. The standard InChI is InChI=1S/C21H23F2N5O2/c1-13-8-17-20(24-10-13)15(21(29)25-11-18(22)23)4-6-28(17)7-5-16-14(2)9-19(30-3)27-12-26-16/h4,8,10,12,18H,5-7,11H2,1-3H3,(H,25,29). The molecule has 7 nitrogen and oxygen atoms in total. The van der Waals surface area contributed by atoms with E-state index in [1.165, 1.54) is 13.4 Å². The minimum atomic E-state index is -2.60. The van der Waals surface area contributed by atoms with Gasteiger partial charge in [-0.3, -0.25) is 9.78 Å². The lowest BCUT2D eigenvalue weighted by Gasteiger charge is -2.30. The summed E-state index contributed by atoms with van der Waals surface area (Å²) in [5.41, 5.74) is 7.26. The van der Waals surface area contributed by atoms with Crippen LogP contribution in [0.1, 0.15) is 24.6 Å². The number of nitrogens with zero attached hydrogens (tertiary/aromatic N) is 4. The van der Waals surface area contributed by atoms with Gasteiger partial charge in [-0.05, 0) is 31.2 Å². The van der Waals surface area contributed by atoms with Gasteiger partial charge in [-0.1, -0.05) is 6.08 Å². The number of aryl methyl sites for hydroxylation is 1. The first-order chi connectivity index (χ1) is 14.4. The summed E-state index contributed by atoms with van der Waals surface area (Å²) in [5, 5.41) is 2.25. The Morgan fingerprint density at radius 3 is 2.93 bits per heavy atom. The Labute approximate surface area is 173 Å². The van der Waals surface area contributed by atoms with E-state index >= 15 is 0 Å². The van der Waals surface area contributed by atoms with Crippen LogP contribution < -0.4 is 10.2 Å². The summed E-state index contributed by atoms with van der Waals surface area (Å²) >= 11 is 0. The molecule has 0 atom stereocenters. The first-order valence-electron chi connectivity index (χ1n) is 9.48. The van der Waals surface area contributed by atoms with Crippen molar-refractivity contribution in [3.63, 3.8) is 0 Å². The van der Waals surface area contributed by atoms with Crippen molar-refractivity contribution in [1.82, 2.24) is 10.3 Å². The summed E-state index contributed by atoms with van der Waals surface area (Å²) in [6, 6.07) is 1.94. The molecule has 3 rings (SSSR count). The zero-order valence-electron chi connectivity index (χ0n) is 17.1. The maximum atomic E-state index is 12.5. The molecule has 1 aromatic rings. The molecular weight excluding hydrogens is 392 g/mol. The molecule has 2 aliphatic heterocycles. The van der Waals surface area contributed by atoms with Gasteiger partial charge in [-0.15, -0.1) is 0 Å². The average molecular weight is 415 g/mol. The lowest BCUT2D eigenvalue weighted by atomic mass is 10.0. The molecule has 0 unspecified atom stereocenters. The Kier molecular flexibility index (Phi) is 6.74. The van der Waals surface area contributed by atoms with Crippen LogP contribution in [-0.2, 0) is 9.53 Å². The smallest absolute Gasteiger partial charge is 0.261 e. The van der Waals surface area contributed by atoms with Crippen LogP contribution in [-0.4, -0.2) is 56.1 Å². The third-order valence-corrected chi connectivity index (χ3v) is 4.71. The molecule has 0 aliphatic carbocycles. The monoisotopic (exact) mass is 415 g/mol. The van der Waals surface area contributed by atoms with Gasteiger partial charge in [0.1, 0.15) is 6.34 Å². The van der Waals surface area contributed by atoms with Crippen molar-refractivity contribution in [2.45, 2.75) is 26.7 Å². The summed E-state index contributed by atoms with van der Waals surface area (Å²) < 4.78 is 30.0. The molecule has 0 bridgehead atoms. The van der Waals surface area contributed by atoms with Crippen molar-refractivity contribution in [3.8, 4) is 0 Å². The first-order valence-corrected chi connectivity index (χ1v) is 9.48. The van der Waals surface area contributed by atoms with Gasteiger partial charge in [0.15, 0.2) is 0 Å². The fourth-order valence-electron chi connectivity index (χ4n) is 3.19. The highest BCUT2D eigenvalue weighted by Gasteiger charge is 2.25. The number of carbonyl (C=O) groups excluding carboxylic acids is 1. The summed E-state index contributed by atoms with van der Waals surface area (Å²) in [6.07, 6.45) is 2.84. The van der Waals surface area contributed by atoms with Crippen LogP contribution in [0.2, 0.25) is 0 Å². The number of aromatic nitrogens is 1. The lowest BCUT2D eigenvalue weighted by Crippen LogP contribution is -2.35. The summed E-state index contributed by atoms with van der Waals surface area (Å²) in [4.78, 5) is 27.3. The van der Waals surface area contributed by atoms with Crippen molar-refractivity contribution in [2.75, 3.05) is 31.6 Å². The van der Waals surface area contributed by atoms with E-state index in [1.54, 1.807) is 12.3 Å². The number of nitrogens with one attached hydrogen (secondary N) is 1. The molecular formula is C21H23F2N5O2. The summed E-state index contributed by atoms with van der Waals surface area (Å²) in [7, 11) is 1.53. The van der Waals surface area contributed by atoms with E-state index in [2.05, 4.69) is 30.9 Å². The molecule has 3 heterocycles. The van der Waals surface area contributed by atoms with Crippen LogP contribution in [0.25, 0.3) is 5.57 Å². The maximum Gasteiger partial charge on any atom is 0.261 e. The van der Waals surface area contributed by atoms with Crippen LogP contribution in [0.5, 0.6) is 0 Å². The van der Waals surface area contributed by atoms with Crippen LogP contribution >= 0.6 is 0 Å². The van der Waals surface area contributed by atoms with Gasteiger partial charge in [-0.25, -0.2) is 13.8 Å². The normalized spacial score (nSPS) is 15.6. The summed E-state index contributed by atoms with van der Waals surface area (Å²) in [6.45, 7) is 4.20. The number of alkyl halides is 2. The Morgan fingerprint density at radius 2 is 2.20 bits per heavy atom. The molecule has 0 radical (unpaired) electrons. The minimum Gasteiger partial charge on any atom is -0.475 e. The van der Waals surface area contributed by atoms with E-state index < -0.39 is 18.9 Å². The van der Waals surface area contributed by atoms with E-state index in [4.69, 9.17) is 4.74 Å². The van der Waals surface area contributed by atoms with Crippen LogP contribution in [0.3, 0.4) is 0 Å². The quantitative estimate of drug-likeness (QED) is 0.695. The second kappa shape index (κ2) is 9.45. The number of rotatable bonds is 7. The molecule has 30 heavy (non-hydrogen) atoms. The number of amides is 1. The van der Waals surface area contributed by atoms with Gasteiger partial charge in [-0.2, -0.15) is 4.99 Å². The highest BCUT2D eigenvalue weighted by molar-refractivity contribution is 6.21. The molecule has 0 saturated heterocycles. The van der Waals surface area contributed by atoms with Crippen molar-refractivity contribution in [3.05, 3.63) is 46.8 Å². The van der Waals surface area contributed by atoms with Crippen molar-refractivity contribution in [2.24, 2.45) is 9.98 Å². The third kappa shape index (κ3) is 4.99. The van der Waals surface area contributed by atoms with E-state index in [0.29, 0.717) is 36.7 Å². The third-order valence-electron chi connectivity index (χ3n) is 4.71. The number of aliphatic imine (C=N–C) groups is 2. The van der Waals surface area contributed by atoms with Gasteiger partial charge in [0.05, 0.1) is 36.3 Å². The zero-order valence-corrected chi connectivity index (χ0v) is 17.1. The number of anilines is 1. The first kappa shape index (κ1) is 21.4. The van der Waals surface area contributed by atoms with Gasteiger partial charge in [0.25, 0.3) is 18.2 Å². The Bertz CT molecular complexity index is 991. The van der Waals surface area contributed by atoms with Gasteiger partial charge in [0.2, 0.25) is 0 Å². The number of allylic oxidation sites excluding steroid dienone is 1. The number of ether oxygens (including phenoxy) is 1. The summed E-state index contributed by atoms with van der Waals surface area (Å²) in [5.74, 6) is -0.176. The molecule has 0 aromatic carbocycles. The lowest BCUT2D eigenvalue weighted by molar-refractivity contribution is -0.116. The van der Waals surface area contributed by atoms with Crippen molar-refractivity contribution >= 4 is 29.2 Å². The van der Waals surface area contributed by atoms with Gasteiger partial charge in [0, 0.05) is 31.3 Å². The molecule has 158 valence electrons. The Morgan fingerprint density at radius 1 is 1.40 bits per heavy atom. The van der Waals surface area contributed by atoms with Crippen LogP contribution in [0, 0.1) is 6.92 Å². The Hall–Kier alpha value is -3.32. The van der Waals surface area contributed by atoms with Crippen LogP contribution in [0.15, 0.2) is 45.5 Å². The Balaban J connectivity index is 1.79. The average Bonchev–Trinajstić information content (AvgIpc) is 2.90. The number of halogens is 2. The SMILES string of the molecule is COC1=C=C(C)C(CCN2CC=C(C(=O)NCC(F)F)c3ncc(C)cc32)=NC=N1. The zero-order chi connectivity index (χ0) is 21.7. The highest BCUT2D eigenvalue weighted by atomic mass is 19.3. The molecule has 0 fully saturated rings. The fourth-order valence-corrected chi connectivity index (χ4v) is 3.19. The van der Waals surface area contributed by atoms with Crippen molar-refractivity contribution in [1.29, 1.82) is 0 Å². The van der Waals surface area contributed by atoms with E-state index in [-0.39, 0.29) is 0 Å². The van der Waals surface area contributed by atoms with E-state index in [1.807, 2.05) is 19.9 Å². The minimum absolute atomic E-state index is 0.310. The van der Waals surface area contributed by atoms with Crippen molar-refractivity contribution < 1.29 is 18.3 Å². The number of hydrogen-bond acceptors (Lipinski definition) is 6. The molecule has 1 N–H and O–H groups in total. The van der Waals surface area contributed by atoms with Crippen LogP contribution in [0.4, 0.5) is 14.5 Å². The molecule has 2 aliphatic rings. The second-order valence-corrected chi connectivity index (χ2v) is 6.87. The van der Waals surface area contributed by atoms with E-state index in [0.717, 1.165) is 22.5 Å². The van der Waals surface area contributed by atoms with Gasteiger partial charge >= 0.3 is 0 Å². The topological polar surface area (TPSA) is 79.2 Å². The molecule has 1 amide bonds. The molecule has 0 spiro atoms. The highest BCUT2D eigenvalue weighted by Crippen LogP contribution is 2.31. The fraction of sp³-hybridized carbons (Fsp3) is 0.381. The number of pyridine rings is 1. The number of hydrogen-bond donors (Lipinski definition) is 1. The maximum absolute atomic E-state index is 12.5. The number of carbonyl (C=O) groups is 1. The molecule has 0 saturated carbocycles. The van der Waals surface area contributed by atoms with E-state index in [9.17, 15) is 13.6 Å². The largest absolute Gasteiger partial charge is 0.475 e. The van der Waals surface area contributed by atoms with Gasteiger partial charge < -0.3 is 15.0 Å². The predicted molar refractivity (Wildman–Crippen MR) is 112 cm³/mol. The molecule has 9 heteroatoms. The number of methoxy groups -OCH3 is 1. The predicted octanol–water partition coefficient (Wildman–Crippen LogP) is 2.88. The number of fused-ring (bicyclic) bond motifs is 1.